The highest BCUT2D eigenvalue weighted by Crippen LogP contribution is 2.25. The number of hydrogen-bond donors (Lipinski definition) is 2. The average molecular weight is 344 g/mol. The largest absolute Gasteiger partial charge is 0.387 e. The van der Waals surface area contributed by atoms with E-state index in [2.05, 4.69) is 4.72 Å². The average Bonchev–Trinajstić information content (AvgIpc) is 2.54. The second kappa shape index (κ2) is 7.58. The molecule has 0 saturated heterocycles. The molecule has 0 saturated carbocycles. The van der Waals surface area contributed by atoms with Gasteiger partial charge in [-0.2, -0.15) is 5.26 Å². The van der Waals surface area contributed by atoms with Crippen molar-refractivity contribution < 1.29 is 13.5 Å². The Morgan fingerprint density at radius 2 is 1.50 bits per heavy atom. The maximum atomic E-state index is 11.3. The normalized spacial score (nSPS) is 13.9. The molecule has 0 spiro atoms. The minimum Gasteiger partial charge on any atom is -0.387 e. The van der Waals surface area contributed by atoms with E-state index in [0.717, 1.165) is 22.9 Å². The van der Waals surface area contributed by atoms with Crippen molar-refractivity contribution in [1.29, 1.82) is 5.26 Å². The SMILES string of the molecule is C[C@H](NS(C)(=O)=O)c1ccc(-c2ccc(C(O)CC#N)cc2)cc1. The highest BCUT2D eigenvalue weighted by molar-refractivity contribution is 7.88. The Hall–Kier alpha value is -2.20. The van der Waals surface area contributed by atoms with E-state index < -0.39 is 16.1 Å². The minimum absolute atomic E-state index is 0.0687. The van der Waals surface area contributed by atoms with E-state index in [1.807, 2.05) is 42.5 Å². The molecular weight excluding hydrogens is 324 g/mol. The van der Waals surface area contributed by atoms with Crippen LogP contribution in [-0.4, -0.2) is 19.8 Å². The Bertz CT molecular complexity index is 822. The van der Waals surface area contributed by atoms with Crippen molar-refractivity contribution in [2.45, 2.75) is 25.5 Å². The van der Waals surface area contributed by atoms with E-state index in [4.69, 9.17) is 5.26 Å². The molecule has 0 aliphatic rings. The molecule has 0 amide bonds. The van der Waals surface area contributed by atoms with Gasteiger partial charge in [0.25, 0.3) is 0 Å². The van der Waals surface area contributed by atoms with Crippen LogP contribution < -0.4 is 4.72 Å². The molecule has 126 valence electrons. The summed E-state index contributed by atoms with van der Waals surface area (Å²) in [5, 5.41) is 18.4. The highest BCUT2D eigenvalue weighted by atomic mass is 32.2. The summed E-state index contributed by atoms with van der Waals surface area (Å²) in [4.78, 5) is 0. The zero-order valence-electron chi connectivity index (χ0n) is 13.6. The number of sulfonamides is 1. The molecule has 2 atom stereocenters. The number of aliphatic hydroxyl groups excluding tert-OH is 1. The first kappa shape index (κ1) is 18.1. The van der Waals surface area contributed by atoms with Crippen molar-refractivity contribution in [3.8, 4) is 17.2 Å². The second-order valence-corrected chi connectivity index (χ2v) is 7.51. The van der Waals surface area contributed by atoms with Gasteiger partial charge >= 0.3 is 0 Å². The zero-order chi connectivity index (χ0) is 17.7. The van der Waals surface area contributed by atoms with E-state index in [0.29, 0.717) is 5.56 Å². The lowest BCUT2D eigenvalue weighted by molar-refractivity contribution is 0.183. The molecule has 0 aliphatic carbocycles. The van der Waals surface area contributed by atoms with Crippen LogP contribution >= 0.6 is 0 Å². The Morgan fingerprint density at radius 3 is 1.92 bits per heavy atom. The van der Waals surface area contributed by atoms with E-state index in [9.17, 15) is 13.5 Å². The third-order valence-electron chi connectivity index (χ3n) is 3.71. The van der Waals surface area contributed by atoms with E-state index in [1.165, 1.54) is 0 Å². The molecule has 0 bridgehead atoms. The molecule has 0 fully saturated rings. The topological polar surface area (TPSA) is 90.2 Å². The molecule has 1 unspecified atom stereocenters. The van der Waals surface area contributed by atoms with Crippen molar-refractivity contribution in [3.05, 3.63) is 59.7 Å². The van der Waals surface area contributed by atoms with Crippen LogP contribution in [0.25, 0.3) is 11.1 Å². The first-order valence-corrected chi connectivity index (χ1v) is 9.42. The van der Waals surface area contributed by atoms with E-state index in [1.54, 1.807) is 19.1 Å². The summed E-state index contributed by atoms with van der Waals surface area (Å²) in [5.74, 6) is 0. The summed E-state index contributed by atoms with van der Waals surface area (Å²) in [5.41, 5.74) is 3.57. The van der Waals surface area contributed by atoms with Crippen LogP contribution in [0, 0.1) is 11.3 Å². The summed E-state index contributed by atoms with van der Waals surface area (Å²) in [6.45, 7) is 1.79. The fourth-order valence-corrected chi connectivity index (χ4v) is 3.23. The van der Waals surface area contributed by atoms with Crippen LogP contribution in [0.5, 0.6) is 0 Å². The summed E-state index contributed by atoms with van der Waals surface area (Å²) in [6, 6.07) is 16.7. The van der Waals surface area contributed by atoms with Crippen LogP contribution in [0.3, 0.4) is 0 Å². The molecule has 0 heterocycles. The van der Waals surface area contributed by atoms with Gasteiger partial charge < -0.3 is 5.11 Å². The molecule has 0 aliphatic heterocycles. The van der Waals surface area contributed by atoms with Gasteiger partial charge in [-0.05, 0) is 29.2 Å². The zero-order valence-corrected chi connectivity index (χ0v) is 14.4. The molecule has 6 heteroatoms. The van der Waals surface area contributed by atoms with Crippen molar-refractivity contribution in [2.75, 3.05) is 6.26 Å². The van der Waals surface area contributed by atoms with Gasteiger partial charge in [-0.3, -0.25) is 0 Å². The first-order valence-electron chi connectivity index (χ1n) is 7.53. The lowest BCUT2D eigenvalue weighted by Crippen LogP contribution is -2.25. The first-order chi connectivity index (χ1) is 11.3. The number of nitrogens with zero attached hydrogens (tertiary/aromatic N) is 1. The predicted octanol–water partition coefficient (Wildman–Crippen LogP) is 2.91. The van der Waals surface area contributed by atoms with Crippen LogP contribution in [0.1, 0.15) is 36.6 Å². The quantitative estimate of drug-likeness (QED) is 0.843. The smallest absolute Gasteiger partial charge is 0.209 e. The van der Waals surface area contributed by atoms with Gasteiger partial charge in [0.2, 0.25) is 10.0 Å². The molecule has 5 nitrogen and oxygen atoms in total. The summed E-state index contributed by atoms with van der Waals surface area (Å²) >= 11 is 0. The summed E-state index contributed by atoms with van der Waals surface area (Å²) in [6.07, 6.45) is 0.439. The van der Waals surface area contributed by atoms with Crippen LogP contribution in [0.2, 0.25) is 0 Å². The standard InChI is InChI=1S/C18H20N2O3S/c1-13(20-24(2,22)23)14-3-5-15(6-4-14)16-7-9-17(10-8-16)18(21)11-12-19/h3-10,13,18,20-21H,11H2,1-2H3/t13-,18?/m0/s1. The number of aliphatic hydroxyl groups is 1. The molecule has 2 aromatic carbocycles. The monoisotopic (exact) mass is 344 g/mol. The van der Waals surface area contributed by atoms with Gasteiger partial charge in [0.15, 0.2) is 0 Å². The number of nitrogens with one attached hydrogen (secondary N) is 1. The van der Waals surface area contributed by atoms with Crippen LogP contribution in [-0.2, 0) is 10.0 Å². The molecular formula is C18H20N2O3S. The number of rotatable bonds is 6. The molecule has 24 heavy (non-hydrogen) atoms. The molecule has 0 aromatic heterocycles. The van der Waals surface area contributed by atoms with Crippen molar-refractivity contribution in [1.82, 2.24) is 4.72 Å². The van der Waals surface area contributed by atoms with E-state index >= 15 is 0 Å². The summed E-state index contributed by atoms with van der Waals surface area (Å²) in [7, 11) is -3.25. The maximum absolute atomic E-state index is 11.3. The number of benzene rings is 2. The molecule has 2 N–H and O–H groups in total. The third kappa shape index (κ3) is 4.90. The van der Waals surface area contributed by atoms with Gasteiger partial charge in [-0.15, -0.1) is 0 Å². The van der Waals surface area contributed by atoms with Crippen molar-refractivity contribution in [3.63, 3.8) is 0 Å². The Kier molecular flexibility index (Phi) is 5.73. The lowest BCUT2D eigenvalue weighted by Gasteiger charge is -2.13. The predicted molar refractivity (Wildman–Crippen MR) is 93.5 cm³/mol. The second-order valence-electron chi connectivity index (χ2n) is 5.73. The van der Waals surface area contributed by atoms with Gasteiger partial charge in [-0.1, -0.05) is 48.5 Å². The lowest BCUT2D eigenvalue weighted by atomic mass is 9.99. The fraction of sp³-hybridized carbons (Fsp3) is 0.278. The van der Waals surface area contributed by atoms with Crippen LogP contribution in [0.15, 0.2) is 48.5 Å². The highest BCUT2D eigenvalue weighted by Gasteiger charge is 2.11. The minimum atomic E-state index is -3.25. The van der Waals surface area contributed by atoms with Gasteiger partial charge in [0.05, 0.1) is 24.8 Å². The number of hydrogen-bond acceptors (Lipinski definition) is 4. The Balaban J connectivity index is 2.15. The third-order valence-corrected chi connectivity index (χ3v) is 4.50. The van der Waals surface area contributed by atoms with Gasteiger partial charge in [-0.25, -0.2) is 13.1 Å². The van der Waals surface area contributed by atoms with Gasteiger partial charge in [0.1, 0.15) is 0 Å². The van der Waals surface area contributed by atoms with E-state index in [-0.39, 0.29) is 12.5 Å². The van der Waals surface area contributed by atoms with Crippen LogP contribution in [0.4, 0.5) is 0 Å². The molecule has 2 rings (SSSR count). The van der Waals surface area contributed by atoms with Gasteiger partial charge in [0, 0.05) is 6.04 Å². The van der Waals surface area contributed by atoms with Crippen molar-refractivity contribution in [2.24, 2.45) is 0 Å². The Morgan fingerprint density at radius 1 is 1.04 bits per heavy atom. The Labute approximate surface area is 142 Å². The summed E-state index contributed by atoms with van der Waals surface area (Å²) < 4.78 is 25.1. The number of nitriles is 1. The molecule has 2 aromatic rings. The van der Waals surface area contributed by atoms with Crippen molar-refractivity contribution >= 4 is 10.0 Å². The maximum Gasteiger partial charge on any atom is 0.209 e. The fourth-order valence-electron chi connectivity index (χ4n) is 2.46. The molecule has 0 radical (unpaired) electrons.